The van der Waals surface area contributed by atoms with Gasteiger partial charge >= 0.3 is 0 Å². The fraction of sp³-hybridized carbons (Fsp3) is 0.0217. The molecule has 0 unspecified atom stereocenters. The molecule has 0 aliphatic rings. The van der Waals surface area contributed by atoms with Crippen LogP contribution in [0.3, 0.4) is 0 Å². The predicted octanol–water partition coefficient (Wildman–Crippen LogP) is 12.1. The lowest BCUT2D eigenvalue weighted by atomic mass is 9.99. The summed E-state index contributed by atoms with van der Waals surface area (Å²) in [6.07, 6.45) is 6.19. The molecule has 0 radical (unpaired) electrons. The molecule has 0 saturated carbocycles. The Balaban J connectivity index is 1.25. The highest BCUT2D eigenvalue weighted by Crippen LogP contribution is 2.41. The normalized spacial score (nSPS) is 11.6. The van der Waals surface area contributed by atoms with Crippen molar-refractivity contribution >= 4 is 45.0 Å². The third-order valence-electron chi connectivity index (χ3n) is 9.36. The summed E-state index contributed by atoms with van der Waals surface area (Å²) in [5.74, 6) is 1.78. The number of hydrogen-bond acceptors (Lipinski definition) is 4. The first kappa shape index (κ1) is 30.2. The van der Waals surface area contributed by atoms with Crippen LogP contribution in [0.2, 0.25) is 0 Å². The highest BCUT2D eigenvalue weighted by atomic mass is 16.3. The van der Waals surface area contributed by atoms with E-state index in [-0.39, 0.29) is 0 Å². The average Bonchev–Trinajstić information content (AvgIpc) is 3.74. The van der Waals surface area contributed by atoms with Gasteiger partial charge in [-0.25, -0.2) is 15.0 Å². The number of para-hydroxylation sites is 3. The van der Waals surface area contributed by atoms with E-state index in [1.165, 1.54) is 0 Å². The maximum Gasteiger partial charge on any atom is 0.167 e. The first-order chi connectivity index (χ1) is 25.2. The van der Waals surface area contributed by atoms with Gasteiger partial charge in [0.1, 0.15) is 11.2 Å². The highest BCUT2D eigenvalue weighted by Gasteiger charge is 2.21. The SMILES string of the molecule is C=Cc1c(/C=C\C)c2cc(-c3cccc4c3oc3c(-c5nc(-c6ccccc6)nc(-c6ccccc6)n5)cccc34)ccc2n1-c1ccccc1. The lowest BCUT2D eigenvalue weighted by Gasteiger charge is -2.09. The number of rotatable bonds is 7. The maximum absolute atomic E-state index is 6.89. The van der Waals surface area contributed by atoms with Gasteiger partial charge in [0.2, 0.25) is 0 Å². The van der Waals surface area contributed by atoms with Crippen molar-refractivity contribution in [2.24, 2.45) is 0 Å². The molecule has 9 rings (SSSR count). The molecule has 0 bridgehead atoms. The van der Waals surface area contributed by atoms with E-state index in [4.69, 9.17) is 19.4 Å². The van der Waals surface area contributed by atoms with Crippen LogP contribution in [0, 0.1) is 0 Å². The molecule has 0 atom stereocenters. The molecule has 0 saturated heterocycles. The average molecular weight is 657 g/mol. The summed E-state index contributed by atoms with van der Waals surface area (Å²) in [7, 11) is 0. The third kappa shape index (κ3) is 5.15. The number of benzene rings is 6. The number of allylic oxidation sites excluding steroid dienone is 1. The van der Waals surface area contributed by atoms with Gasteiger partial charge in [-0.15, -0.1) is 0 Å². The Morgan fingerprint density at radius 3 is 1.73 bits per heavy atom. The van der Waals surface area contributed by atoms with Gasteiger partial charge in [-0.05, 0) is 48.9 Å². The fourth-order valence-corrected chi connectivity index (χ4v) is 7.05. The van der Waals surface area contributed by atoms with Gasteiger partial charge in [0.25, 0.3) is 0 Å². The Morgan fingerprint density at radius 1 is 0.549 bits per heavy atom. The van der Waals surface area contributed by atoms with Crippen molar-refractivity contribution in [1.29, 1.82) is 0 Å². The van der Waals surface area contributed by atoms with E-state index >= 15 is 0 Å². The molecule has 242 valence electrons. The number of nitrogens with zero attached hydrogens (tertiary/aromatic N) is 4. The van der Waals surface area contributed by atoms with Crippen molar-refractivity contribution in [3.63, 3.8) is 0 Å². The van der Waals surface area contributed by atoms with E-state index in [9.17, 15) is 0 Å². The fourth-order valence-electron chi connectivity index (χ4n) is 7.05. The lowest BCUT2D eigenvalue weighted by Crippen LogP contribution is -2.00. The third-order valence-corrected chi connectivity index (χ3v) is 9.36. The van der Waals surface area contributed by atoms with Gasteiger partial charge in [0, 0.05) is 44.1 Å². The van der Waals surface area contributed by atoms with Crippen molar-refractivity contribution in [2.45, 2.75) is 6.92 Å². The van der Waals surface area contributed by atoms with E-state index in [0.29, 0.717) is 17.5 Å². The molecule has 0 amide bonds. The van der Waals surface area contributed by atoms with Crippen LogP contribution in [-0.2, 0) is 0 Å². The van der Waals surface area contributed by atoms with Crippen molar-refractivity contribution < 1.29 is 4.42 Å². The lowest BCUT2D eigenvalue weighted by molar-refractivity contribution is 0.670. The van der Waals surface area contributed by atoms with E-state index in [0.717, 1.165) is 77.6 Å². The van der Waals surface area contributed by atoms with E-state index in [1.54, 1.807) is 0 Å². The minimum atomic E-state index is 0.561. The Bertz CT molecular complexity index is 2700. The van der Waals surface area contributed by atoms with Crippen LogP contribution in [0.5, 0.6) is 0 Å². The van der Waals surface area contributed by atoms with E-state index in [1.807, 2.05) is 91.9 Å². The van der Waals surface area contributed by atoms with Crippen LogP contribution in [-0.4, -0.2) is 19.5 Å². The number of hydrogen-bond donors (Lipinski definition) is 0. The standard InChI is InChI=1S/C46H32N4O/c1-3-16-35-39-29-32(27-28-41(39)50(40(35)4-2)33-21-12-7-13-22-33)34-23-14-24-36-37-25-15-26-38(43(37)51-42(34)36)46-48-44(30-17-8-5-9-18-30)47-45(49-46)31-19-10-6-11-20-31/h3-29H,2H2,1H3/b16-3-. The van der Waals surface area contributed by atoms with Crippen molar-refractivity contribution in [1.82, 2.24) is 19.5 Å². The molecule has 3 aromatic heterocycles. The molecule has 5 heteroatoms. The topological polar surface area (TPSA) is 56.7 Å². The molecular weight excluding hydrogens is 625 g/mol. The molecule has 0 spiro atoms. The zero-order valence-electron chi connectivity index (χ0n) is 28.0. The Morgan fingerprint density at radius 2 is 1.12 bits per heavy atom. The largest absolute Gasteiger partial charge is 0.455 e. The van der Waals surface area contributed by atoms with Crippen LogP contribution < -0.4 is 0 Å². The van der Waals surface area contributed by atoms with Gasteiger partial charge in [-0.2, -0.15) is 0 Å². The van der Waals surface area contributed by atoms with Crippen LogP contribution >= 0.6 is 0 Å². The molecule has 6 aromatic carbocycles. The molecule has 0 fully saturated rings. The zero-order valence-corrected chi connectivity index (χ0v) is 28.0. The van der Waals surface area contributed by atoms with Gasteiger partial charge < -0.3 is 8.98 Å². The minimum absolute atomic E-state index is 0.561. The Labute approximate surface area is 295 Å². The molecule has 0 N–H and O–H groups in total. The van der Waals surface area contributed by atoms with Crippen molar-refractivity contribution in [3.8, 4) is 51.0 Å². The van der Waals surface area contributed by atoms with Crippen molar-refractivity contribution in [3.05, 3.63) is 170 Å². The quantitative estimate of drug-likeness (QED) is 0.171. The maximum atomic E-state index is 6.89. The summed E-state index contributed by atoms with van der Waals surface area (Å²) in [5, 5.41) is 3.18. The number of fused-ring (bicyclic) bond motifs is 4. The zero-order chi connectivity index (χ0) is 34.3. The number of furan rings is 1. The second-order valence-electron chi connectivity index (χ2n) is 12.4. The van der Waals surface area contributed by atoms with Gasteiger partial charge in [0.05, 0.1) is 16.8 Å². The van der Waals surface area contributed by atoms with Gasteiger partial charge in [0.15, 0.2) is 17.5 Å². The highest BCUT2D eigenvalue weighted by molar-refractivity contribution is 6.13. The molecule has 3 heterocycles. The molecule has 0 aliphatic heterocycles. The summed E-state index contributed by atoms with van der Waals surface area (Å²) >= 11 is 0. The van der Waals surface area contributed by atoms with Crippen LogP contribution in [0.25, 0.3) is 96.0 Å². The van der Waals surface area contributed by atoms with Gasteiger partial charge in [-0.1, -0.05) is 134 Å². The first-order valence-corrected chi connectivity index (χ1v) is 17.0. The van der Waals surface area contributed by atoms with Crippen LogP contribution in [0.4, 0.5) is 0 Å². The minimum Gasteiger partial charge on any atom is -0.455 e. The van der Waals surface area contributed by atoms with Crippen molar-refractivity contribution in [2.75, 3.05) is 0 Å². The van der Waals surface area contributed by atoms with E-state index in [2.05, 4.69) is 90.0 Å². The molecule has 51 heavy (non-hydrogen) atoms. The molecule has 0 aliphatic carbocycles. The Hall–Kier alpha value is -6.85. The predicted molar refractivity (Wildman–Crippen MR) is 210 cm³/mol. The Kier molecular flexibility index (Phi) is 7.44. The van der Waals surface area contributed by atoms with Gasteiger partial charge in [-0.3, -0.25) is 0 Å². The van der Waals surface area contributed by atoms with Crippen LogP contribution in [0.1, 0.15) is 18.2 Å². The summed E-state index contributed by atoms with van der Waals surface area (Å²) in [6.45, 7) is 6.24. The molecule has 5 nitrogen and oxygen atoms in total. The smallest absolute Gasteiger partial charge is 0.167 e. The first-order valence-electron chi connectivity index (χ1n) is 17.0. The monoisotopic (exact) mass is 656 g/mol. The number of aromatic nitrogens is 4. The molecular formula is C46H32N4O. The summed E-state index contributed by atoms with van der Waals surface area (Å²) in [6, 6.07) is 49.7. The second-order valence-corrected chi connectivity index (χ2v) is 12.4. The van der Waals surface area contributed by atoms with E-state index < -0.39 is 0 Å². The summed E-state index contributed by atoms with van der Waals surface area (Å²) < 4.78 is 9.16. The second kappa shape index (κ2) is 12.6. The molecule has 9 aromatic rings. The summed E-state index contributed by atoms with van der Waals surface area (Å²) in [4.78, 5) is 14.9. The summed E-state index contributed by atoms with van der Waals surface area (Å²) in [5.41, 5.74) is 10.7. The van der Waals surface area contributed by atoms with Crippen LogP contribution in [0.15, 0.2) is 163 Å².